The summed E-state index contributed by atoms with van der Waals surface area (Å²) >= 11 is 5.87. The standard InChI is InChI=1S/C8H10ClNO/c1-5-3-4-10-8(6(2)11)7(5)9/h3-4,6,11H,1-2H3. The maximum atomic E-state index is 9.18. The molecule has 0 aromatic carbocycles. The normalized spacial score (nSPS) is 13.1. The molecule has 1 heterocycles. The van der Waals surface area contributed by atoms with Crippen LogP contribution in [0.5, 0.6) is 0 Å². The van der Waals surface area contributed by atoms with Crippen molar-refractivity contribution >= 4 is 11.6 Å². The molecule has 0 spiro atoms. The van der Waals surface area contributed by atoms with E-state index < -0.39 is 6.10 Å². The van der Waals surface area contributed by atoms with Crippen molar-refractivity contribution < 1.29 is 5.11 Å². The molecule has 1 aromatic rings. The Morgan fingerprint density at radius 1 is 1.64 bits per heavy atom. The number of rotatable bonds is 1. The fraction of sp³-hybridized carbons (Fsp3) is 0.375. The Morgan fingerprint density at radius 3 is 2.73 bits per heavy atom. The fourth-order valence-corrected chi connectivity index (χ4v) is 1.12. The third-order valence-electron chi connectivity index (χ3n) is 1.50. The molecular weight excluding hydrogens is 162 g/mol. The number of aromatic nitrogens is 1. The Kier molecular flexibility index (Phi) is 2.47. The molecule has 11 heavy (non-hydrogen) atoms. The molecule has 2 nitrogen and oxygen atoms in total. The summed E-state index contributed by atoms with van der Waals surface area (Å²) in [7, 11) is 0. The minimum Gasteiger partial charge on any atom is -0.387 e. The summed E-state index contributed by atoms with van der Waals surface area (Å²) in [5.74, 6) is 0. The third-order valence-corrected chi connectivity index (χ3v) is 2.00. The average molecular weight is 172 g/mol. The summed E-state index contributed by atoms with van der Waals surface area (Å²) in [6.07, 6.45) is 1.05. The number of halogens is 1. The number of pyridine rings is 1. The van der Waals surface area contributed by atoms with Crippen molar-refractivity contribution in [2.45, 2.75) is 20.0 Å². The summed E-state index contributed by atoms with van der Waals surface area (Å²) in [6, 6.07) is 1.81. The molecule has 0 aliphatic heterocycles. The van der Waals surface area contributed by atoms with Gasteiger partial charge in [-0.25, -0.2) is 0 Å². The molecule has 1 rings (SSSR count). The van der Waals surface area contributed by atoms with Crippen LogP contribution in [0.1, 0.15) is 24.3 Å². The quantitative estimate of drug-likeness (QED) is 0.702. The first-order valence-electron chi connectivity index (χ1n) is 3.42. The van der Waals surface area contributed by atoms with Gasteiger partial charge in [0.1, 0.15) is 0 Å². The highest BCUT2D eigenvalue weighted by Gasteiger charge is 2.08. The maximum Gasteiger partial charge on any atom is 0.0947 e. The Morgan fingerprint density at radius 2 is 2.27 bits per heavy atom. The van der Waals surface area contributed by atoms with E-state index in [0.717, 1.165) is 5.56 Å². The molecule has 0 aliphatic carbocycles. The molecule has 0 fully saturated rings. The zero-order valence-electron chi connectivity index (χ0n) is 6.50. The smallest absolute Gasteiger partial charge is 0.0947 e. The van der Waals surface area contributed by atoms with Gasteiger partial charge in [0.15, 0.2) is 0 Å². The lowest BCUT2D eigenvalue weighted by molar-refractivity contribution is 0.194. The Bertz CT molecular complexity index is 260. The monoisotopic (exact) mass is 171 g/mol. The number of aryl methyl sites for hydroxylation is 1. The van der Waals surface area contributed by atoms with Gasteiger partial charge in [-0.3, -0.25) is 4.98 Å². The topological polar surface area (TPSA) is 33.1 Å². The molecular formula is C8H10ClNO. The van der Waals surface area contributed by atoms with Gasteiger partial charge in [-0.2, -0.15) is 0 Å². The van der Waals surface area contributed by atoms with Gasteiger partial charge in [-0.1, -0.05) is 11.6 Å². The van der Waals surface area contributed by atoms with Crippen molar-refractivity contribution in [3.8, 4) is 0 Å². The second kappa shape index (κ2) is 3.20. The summed E-state index contributed by atoms with van der Waals surface area (Å²) < 4.78 is 0. The van der Waals surface area contributed by atoms with E-state index in [1.54, 1.807) is 13.1 Å². The van der Waals surface area contributed by atoms with Crippen LogP contribution in [0, 0.1) is 6.92 Å². The summed E-state index contributed by atoms with van der Waals surface area (Å²) in [4.78, 5) is 3.96. The number of nitrogens with zero attached hydrogens (tertiary/aromatic N) is 1. The summed E-state index contributed by atoms with van der Waals surface area (Å²) in [5, 5.41) is 9.74. The zero-order chi connectivity index (χ0) is 8.43. The van der Waals surface area contributed by atoms with Crippen molar-refractivity contribution in [2.75, 3.05) is 0 Å². The lowest BCUT2D eigenvalue weighted by Gasteiger charge is -2.06. The van der Waals surface area contributed by atoms with Gasteiger partial charge in [0, 0.05) is 6.20 Å². The van der Waals surface area contributed by atoms with Gasteiger partial charge < -0.3 is 5.11 Å². The van der Waals surface area contributed by atoms with E-state index in [4.69, 9.17) is 11.6 Å². The van der Waals surface area contributed by atoms with E-state index in [1.165, 1.54) is 0 Å². The molecule has 0 radical (unpaired) electrons. The van der Waals surface area contributed by atoms with Crippen LogP contribution < -0.4 is 0 Å². The predicted octanol–water partition coefficient (Wildman–Crippen LogP) is 2.10. The lowest BCUT2D eigenvalue weighted by atomic mass is 10.2. The van der Waals surface area contributed by atoms with E-state index >= 15 is 0 Å². The third kappa shape index (κ3) is 1.70. The highest BCUT2D eigenvalue weighted by atomic mass is 35.5. The van der Waals surface area contributed by atoms with Gasteiger partial charge >= 0.3 is 0 Å². The Labute approximate surface area is 70.8 Å². The SMILES string of the molecule is Cc1ccnc(C(C)O)c1Cl. The minimum absolute atomic E-state index is 0.548. The van der Waals surface area contributed by atoms with Crippen molar-refractivity contribution in [2.24, 2.45) is 0 Å². The predicted molar refractivity (Wildman–Crippen MR) is 44.6 cm³/mol. The van der Waals surface area contributed by atoms with Crippen LogP contribution in [0.2, 0.25) is 5.02 Å². The molecule has 0 aliphatic rings. The van der Waals surface area contributed by atoms with Gasteiger partial charge in [-0.15, -0.1) is 0 Å². The van der Waals surface area contributed by atoms with Crippen molar-refractivity contribution in [1.82, 2.24) is 4.98 Å². The van der Waals surface area contributed by atoms with Crippen LogP contribution in [0.15, 0.2) is 12.3 Å². The molecule has 0 saturated carbocycles. The lowest BCUT2D eigenvalue weighted by Crippen LogP contribution is -1.97. The Balaban J connectivity index is 3.17. The molecule has 3 heteroatoms. The average Bonchev–Trinajstić information content (AvgIpc) is 1.94. The first-order chi connectivity index (χ1) is 5.13. The second-order valence-electron chi connectivity index (χ2n) is 2.50. The van der Waals surface area contributed by atoms with Crippen molar-refractivity contribution in [3.63, 3.8) is 0 Å². The largest absolute Gasteiger partial charge is 0.387 e. The van der Waals surface area contributed by atoms with Gasteiger partial charge in [-0.05, 0) is 25.5 Å². The van der Waals surface area contributed by atoms with Crippen molar-refractivity contribution in [3.05, 3.63) is 28.5 Å². The van der Waals surface area contributed by atoms with E-state index in [9.17, 15) is 5.11 Å². The second-order valence-corrected chi connectivity index (χ2v) is 2.88. The van der Waals surface area contributed by atoms with E-state index in [0.29, 0.717) is 10.7 Å². The number of aliphatic hydroxyl groups is 1. The molecule has 1 atom stereocenters. The van der Waals surface area contributed by atoms with E-state index in [-0.39, 0.29) is 0 Å². The van der Waals surface area contributed by atoms with Gasteiger partial charge in [0.05, 0.1) is 16.8 Å². The van der Waals surface area contributed by atoms with E-state index in [2.05, 4.69) is 4.98 Å². The zero-order valence-corrected chi connectivity index (χ0v) is 7.26. The highest BCUT2D eigenvalue weighted by molar-refractivity contribution is 6.31. The van der Waals surface area contributed by atoms with Crippen LogP contribution in [0.3, 0.4) is 0 Å². The van der Waals surface area contributed by atoms with Crippen LogP contribution in [0.4, 0.5) is 0 Å². The van der Waals surface area contributed by atoms with Gasteiger partial charge in [0.25, 0.3) is 0 Å². The first kappa shape index (κ1) is 8.50. The molecule has 60 valence electrons. The van der Waals surface area contributed by atoms with Crippen LogP contribution in [0.25, 0.3) is 0 Å². The molecule has 0 saturated heterocycles. The van der Waals surface area contributed by atoms with Gasteiger partial charge in [0.2, 0.25) is 0 Å². The van der Waals surface area contributed by atoms with Crippen LogP contribution >= 0.6 is 11.6 Å². The fourth-order valence-electron chi connectivity index (χ4n) is 0.852. The van der Waals surface area contributed by atoms with Crippen LogP contribution in [-0.2, 0) is 0 Å². The highest BCUT2D eigenvalue weighted by Crippen LogP contribution is 2.22. The maximum absolute atomic E-state index is 9.18. The van der Waals surface area contributed by atoms with Crippen LogP contribution in [-0.4, -0.2) is 10.1 Å². The number of hydrogen-bond acceptors (Lipinski definition) is 2. The molecule has 1 unspecified atom stereocenters. The Hall–Kier alpha value is -0.600. The molecule has 1 aromatic heterocycles. The van der Waals surface area contributed by atoms with E-state index in [1.807, 2.05) is 13.0 Å². The molecule has 0 amide bonds. The number of aliphatic hydroxyl groups excluding tert-OH is 1. The van der Waals surface area contributed by atoms with Crippen molar-refractivity contribution in [1.29, 1.82) is 0 Å². The minimum atomic E-state index is -0.595. The number of hydrogen-bond donors (Lipinski definition) is 1. The summed E-state index contributed by atoms with van der Waals surface area (Å²) in [5.41, 5.74) is 1.49. The first-order valence-corrected chi connectivity index (χ1v) is 3.79. The molecule has 1 N–H and O–H groups in total. The molecule has 0 bridgehead atoms. The summed E-state index contributed by atoms with van der Waals surface area (Å²) in [6.45, 7) is 3.53.